The number of aromatic nitrogens is 2. The summed E-state index contributed by atoms with van der Waals surface area (Å²) in [5, 5.41) is 3.98. The lowest BCUT2D eigenvalue weighted by atomic mass is 10.2. The molecule has 0 saturated carbocycles. The minimum atomic E-state index is -2.84. The molecule has 0 aliphatic carbocycles. The molecule has 17 heavy (non-hydrogen) atoms. The van der Waals surface area contributed by atoms with Crippen LogP contribution in [0.15, 0.2) is 36.5 Å². The summed E-state index contributed by atoms with van der Waals surface area (Å²) >= 11 is 0. The number of nitrogens with zero attached hydrogens (tertiary/aromatic N) is 2. The highest BCUT2D eigenvalue weighted by Gasteiger charge is 2.10. The Morgan fingerprint density at radius 3 is 2.71 bits per heavy atom. The number of hydrogen-bond acceptors (Lipinski definition) is 3. The average Bonchev–Trinajstić information content (AvgIpc) is 2.67. The van der Waals surface area contributed by atoms with Crippen LogP contribution in [-0.2, 0) is 6.54 Å². The minimum absolute atomic E-state index is 0.136. The molecule has 0 atom stereocenters. The van der Waals surface area contributed by atoms with E-state index >= 15 is 0 Å². The number of ether oxygens (including phenoxy) is 1. The quantitative estimate of drug-likeness (QED) is 0.889. The van der Waals surface area contributed by atoms with E-state index in [1.807, 2.05) is 0 Å². The summed E-state index contributed by atoms with van der Waals surface area (Å²) in [6, 6.07) is 8.19. The molecule has 1 heterocycles. The van der Waals surface area contributed by atoms with E-state index in [9.17, 15) is 8.78 Å². The summed E-state index contributed by atoms with van der Waals surface area (Å²) in [6.07, 6.45) is 1.55. The predicted molar refractivity (Wildman–Crippen MR) is 58.8 cm³/mol. The zero-order valence-electron chi connectivity index (χ0n) is 8.88. The van der Waals surface area contributed by atoms with Crippen LogP contribution >= 0.6 is 0 Å². The Hall–Kier alpha value is -2.11. The van der Waals surface area contributed by atoms with Crippen LogP contribution in [0.5, 0.6) is 5.75 Å². The molecule has 0 saturated heterocycles. The summed E-state index contributed by atoms with van der Waals surface area (Å²) in [6.45, 7) is -2.55. The van der Waals surface area contributed by atoms with Crippen molar-refractivity contribution in [2.45, 2.75) is 13.2 Å². The second kappa shape index (κ2) is 4.82. The number of para-hydroxylation sites is 1. The largest absolute Gasteiger partial charge is 0.434 e. The minimum Gasteiger partial charge on any atom is -0.434 e. The van der Waals surface area contributed by atoms with Gasteiger partial charge in [0.05, 0.1) is 12.7 Å². The van der Waals surface area contributed by atoms with E-state index in [1.54, 1.807) is 30.5 Å². The lowest BCUT2D eigenvalue weighted by molar-refractivity contribution is -0.0505. The molecule has 0 spiro atoms. The van der Waals surface area contributed by atoms with Crippen molar-refractivity contribution < 1.29 is 13.5 Å². The molecular formula is C11H11F2N3O. The maximum atomic E-state index is 12.2. The fourth-order valence-corrected chi connectivity index (χ4v) is 1.48. The zero-order valence-corrected chi connectivity index (χ0v) is 8.88. The van der Waals surface area contributed by atoms with Gasteiger partial charge in [-0.15, -0.1) is 0 Å². The molecule has 6 heteroatoms. The molecule has 4 nitrogen and oxygen atoms in total. The number of alkyl halides is 2. The van der Waals surface area contributed by atoms with Gasteiger partial charge < -0.3 is 10.5 Å². The predicted octanol–water partition coefficient (Wildman–Crippen LogP) is 2.12. The molecule has 0 aliphatic rings. The first kappa shape index (κ1) is 11.4. The Morgan fingerprint density at radius 2 is 2.06 bits per heavy atom. The van der Waals surface area contributed by atoms with Crippen molar-refractivity contribution in [1.82, 2.24) is 9.78 Å². The first-order valence-corrected chi connectivity index (χ1v) is 4.97. The fourth-order valence-electron chi connectivity index (χ4n) is 1.48. The average molecular weight is 239 g/mol. The van der Waals surface area contributed by atoms with Crippen LogP contribution in [0, 0.1) is 0 Å². The molecule has 1 aromatic carbocycles. The number of hydrogen-bond donors (Lipinski definition) is 1. The Kier molecular flexibility index (Phi) is 3.22. The molecule has 90 valence electrons. The van der Waals surface area contributed by atoms with Crippen LogP contribution in [0.25, 0.3) is 0 Å². The highest BCUT2D eigenvalue weighted by Crippen LogP contribution is 2.21. The lowest BCUT2D eigenvalue weighted by Gasteiger charge is -2.11. The van der Waals surface area contributed by atoms with E-state index in [0.717, 1.165) is 0 Å². The standard InChI is InChI=1S/C11H11F2N3O/c12-11(13)17-9-4-2-1-3-8(9)7-16-10(14)5-6-15-16/h1-6,11H,7,14H2. The second-order valence-corrected chi connectivity index (χ2v) is 3.40. The van der Waals surface area contributed by atoms with E-state index in [1.165, 1.54) is 10.7 Å². The maximum Gasteiger partial charge on any atom is 0.387 e. The molecule has 0 aliphatic heterocycles. The Bertz CT molecular complexity index is 499. The topological polar surface area (TPSA) is 53.1 Å². The van der Waals surface area contributed by atoms with Gasteiger partial charge in [-0.3, -0.25) is 0 Å². The van der Waals surface area contributed by atoms with Crippen LogP contribution < -0.4 is 10.5 Å². The zero-order chi connectivity index (χ0) is 12.3. The van der Waals surface area contributed by atoms with Gasteiger partial charge in [0.25, 0.3) is 0 Å². The van der Waals surface area contributed by atoms with E-state index in [0.29, 0.717) is 17.9 Å². The van der Waals surface area contributed by atoms with Gasteiger partial charge in [-0.1, -0.05) is 18.2 Å². The number of nitrogens with two attached hydrogens (primary N) is 1. The Morgan fingerprint density at radius 1 is 1.29 bits per heavy atom. The summed E-state index contributed by atoms with van der Waals surface area (Å²) in [7, 11) is 0. The summed E-state index contributed by atoms with van der Waals surface area (Å²) in [5.41, 5.74) is 6.25. The van der Waals surface area contributed by atoms with Crippen LogP contribution in [0.4, 0.5) is 14.6 Å². The van der Waals surface area contributed by atoms with Crippen molar-refractivity contribution in [2.24, 2.45) is 0 Å². The van der Waals surface area contributed by atoms with Crippen molar-refractivity contribution in [2.75, 3.05) is 5.73 Å². The molecule has 2 rings (SSSR count). The van der Waals surface area contributed by atoms with Gasteiger partial charge in [-0.05, 0) is 12.1 Å². The molecule has 0 radical (unpaired) electrons. The van der Waals surface area contributed by atoms with Gasteiger partial charge in [-0.25, -0.2) is 4.68 Å². The van der Waals surface area contributed by atoms with Crippen molar-refractivity contribution in [1.29, 1.82) is 0 Å². The van der Waals surface area contributed by atoms with Gasteiger partial charge in [0.2, 0.25) is 0 Å². The molecular weight excluding hydrogens is 228 g/mol. The Balaban J connectivity index is 2.23. The molecule has 1 aromatic heterocycles. The molecule has 0 bridgehead atoms. The SMILES string of the molecule is Nc1ccnn1Cc1ccccc1OC(F)F. The lowest BCUT2D eigenvalue weighted by Crippen LogP contribution is -2.09. The molecule has 0 unspecified atom stereocenters. The van der Waals surface area contributed by atoms with E-state index in [4.69, 9.17) is 5.73 Å². The van der Waals surface area contributed by atoms with Gasteiger partial charge in [-0.2, -0.15) is 13.9 Å². The van der Waals surface area contributed by atoms with E-state index < -0.39 is 6.61 Å². The van der Waals surface area contributed by atoms with Crippen molar-refractivity contribution in [3.8, 4) is 5.75 Å². The van der Waals surface area contributed by atoms with Crippen molar-refractivity contribution in [3.05, 3.63) is 42.1 Å². The number of nitrogen functional groups attached to an aromatic ring is 1. The maximum absolute atomic E-state index is 12.2. The van der Waals surface area contributed by atoms with Gasteiger partial charge in [0.1, 0.15) is 11.6 Å². The normalized spacial score (nSPS) is 10.8. The number of benzene rings is 1. The summed E-state index contributed by atoms with van der Waals surface area (Å²) in [5.74, 6) is 0.606. The number of halogens is 2. The van der Waals surface area contributed by atoms with E-state index in [-0.39, 0.29) is 5.75 Å². The first-order chi connectivity index (χ1) is 8.16. The van der Waals surface area contributed by atoms with Crippen molar-refractivity contribution in [3.63, 3.8) is 0 Å². The highest BCUT2D eigenvalue weighted by atomic mass is 19.3. The smallest absolute Gasteiger partial charge is 0.387 e. The van der Waals surface area contributed by atoms with Gasteiger partial charge >= 0.3 is 6.61 Å². The van der Waals surface area contributed by atoms with Crippen LogP contribution in [0.1, 0.15) is 5.56 Å². The summed E-state index contributed by atoms with van der Waals surface area (Å²) < 4.78 is 30.3. The Labute approximate surface area is 96.6 Å². The van der Waals surface area contributed by atoms with E-state index in [2.05, 4.69) is 9.84 Å². The first-order valence-electron chi connectivity index (χ1n) is 4.97. The molecule has 0 fully saturated rings. The molecule has 2 N–H and O–H groups in total. The third kappa shape index (κ3) is 2.72. The van der Waals surface area contributed by atoms with Crippen LogP contribution in [0.3, 0.4) is 0 Å². The number of anilines is 1. The molecule has 0 amide bonds. The van der Waals surface area contributed by atoms with Gasteiger partial charge in [0.15, 0.2) is 0 Å². The monoisotopic (exact) mass is 239 g/mol. The van der Waals surface area contributed by atoms with Crippen molar-refractivity contribution >= 4 is 5.82 Å². The second-order valence-electron chi connectivity index (χ2n) is 3.40. The molecule has 2 aromatic rings. The number of rotatable bonds is 4. The van der Waals surface area contributed by atoms with Gasteiger partial charge in [0, 0.05) is 5.56 Å². The third-order valence-electron chi connectivity index (χ3n) is 2.26. The van der Waals surface area contributed by atoms with Crippen LogP contribution in [-0.4, -0.2) is 16.4 Å². The third-order valence-corrected chi connectivity index (χ3v) is 2.26. The highest BCUT2D eigenvalue weighted by molar-refractivity contribution is 5.35. The summed E-state index contributed by atoms with van der Waals surface area (Å²) in [4.78, 5) is 0. The fraction of sp³-hybridized carbons (Fsp3) is 0.182. The van der Waals surface area contributed by atoms with Crippen LogP contribution in [0.2, 0.25) is 0 Å².